The van der Waals surface area contributed by atoms with Crippen LogP contribution in [0.2, 0.25) is 0 Å². The predicted octanol–water partition coefficient (Wildman–Crippen LogP) is 0.706. The molecule has 18 heavy (non-hydrogen) atoms. The third-order valence-corrected chi connectivity index (χ3v) is 3.10. The lowest BCUT2D eigenvalue weighted by molar-refractivity contribution is -0.142. The molecule has 1 N–H and O–H groups in total. The molecular weight excluding hydrogens is 232 g/mol. The molecule has 0 aliphatic carbocycles. The molecule has 0 spiro atoms. The zero-order chi connectivity index (χ0) is 13.4. The number of esters is 1. The number of piperidine rings is 1. The van der Waals surface area contributed by atoms with E-state index in [-0.39, 0.29) is 11.9 Å². The summed E-state index contributed by atoms with van der Waals surface area (Å²) in [4.78, 5) is 25.0. The highest BCUT2D eigenvalue weighted by atomic mass is 16.5. The van der Waals surface area contributed by atoms with E-state index < -0.39 is 6.04 Å². The summed E-state index contributed by atoms with van der Waals surface area (Å²) in [5.41, 5.74) is 0. The summed E-state index contributed by atoms with van der Waals surface area (Å²) in [6, 6.07) is -0.538. The Kier molecular flexibility index (Phi) is 6.43. The highest BCUT2D eigenvalue weighted by molar-refractivity contribution is 5.78. The molecule has 1 amide bonds. The molecule has 1 rings (SSSR count). The molecule has 1 aliphatic rings. The second kappa shape index (κ2) is 7.87. The third-order valence-electron chi connectivity index (χ3n) is 3.10. The second-order valence-electron chi connectivity index (χ2n) is 4.38. The maximum absolute atomic E-state index is 11.9. The number of hydrogen-bond acceptors (Lipinski definition) is 4. The molecule has 1 atom stereocenters. The number of carbonyl (C=O) groups is 2. The van der Waals surface area contributed by atoms with Crippen molar-refractivity contribution in [2.75, 3.05) is 26.7 Å². The summed E-state index contributed by atoms with van der Waals surface area (Å²) in [6.07, 6.45) is 5.29. The zero-order valence-corrected chi connectivity index (χ0v) is 11.0. The molecule has 0 saturated carbocycles. The van der Waals surface area contributed by atoms with Crippen molar-refractivity contribution in [2.45, 2.75) is 31.7 Å². The average molecular weight is 254 g/mol. The Bertz CT molecular complexity index is 299. The monoisotopic (exact) mass is 254 g/mol. The minimum atomic E-state index is -0.538. The Morgan fingerprint density at radius 3 is 2.61 bits per heavy atom. The van der Waals surface area contributed by atoms with Gasteiger partial charge in [0.2, 0.25) is 5.91 Å². The van der Waals surface area contributed by atoms with Gasteiger partial charge in [-0.3, -0.25) is 9.59 Å². The fraction of sp³-hybridized carbons (Fsp3) is 0.692. The summed E-state index contributed by atoms with van der Waals surface area (Å²) in [5, 5.41) is 2.95. The van der Waals surface area contributed by atoms with E-state index in [0.29, 0.717) is 13.0 Å². The Balaban J connectivity index is 2.25. The first kappa shape index (κ1) is 14.7. The normalized spacial score (nSPS) is 17.1. The van der Waals surface area contributed by atoms with Crippen molar-refractivity contribution in [3.63, 3.8) is 0 Å². The maximum atomic E-state index is 11.9. The summed E-state index contributed by atoms with van der Waals surface area (Å²) in [5.74, 6) is -0.231. The van der Waals surface area contributed by atoms with Crippen molar-refractivity contribution in [3.05, 3.63) is 12.7 Å². The molecule has 1 aliphatic heterocycles. The second-order valence-corrected chi connectivity index (χ2v) is 4.38. The van der Waals surface area contributed by atoms with Crippen molar-refractivity contribution in [2.24, 2.45) is 0 Å². The molecule has 0 aromatic rings. The number of nitrogens with one attached hydrogen (secondary N) is 1. The molecule has 1 saturated heterocycles. The van der Waals surface area contributed by atoms with E-state index in [1.54, 1.807) is 0 Å². The molecule has 102 valence electrons. The lowest BCUT2D eigenvalue weighted by Crippen LogP contribution is -2.40. The Morgan fingerprint density at radius 2 is 2.06 bits per heavy atom. The number of rotatable bonds is 6. The number of hydrogen-bond donors (Lipinski definition) is 1. The third kappa shape index (κ3) is 4.49. The van der Waals surface area contributed by atoms with Gasteiger partial charge in [0.15, 0.2) is 0 Å². The number of carbonyl (C=O) groups excluding carboxylic acids is 2. The quantitative estimate of drug-likeness (QED) is 0.560. The molecule has 0 radical (unpaired) electrons. The van der Waals surface area contributed by atoms with Gasteiger partial charge in [-0.05, 0) is 19.3 Å². The highest BCUT2D eigenvalue weighted by Gasteiger charge is 2.18. The standard InChI is InChI=1S/C13H22N2O3/c1-3-11(13(17)18-2)14-8-7-12(16)15-9-5-4-6-10-15/h3,11,14H,1,4-10H2,2H3. The van der Waals surface area contributed by atoms with Crippen LogP contribution in [-0.4, -0.2) is 49.6 Å². The molecule has 5 nitrogen and oxygen atoms in total. The molecule has 5 heteroatoms. The lowest BCUT2D eigenvalue weighted by Gasteiger charge is -2.26. The minimum absolute atomic E-state index is 0.148. The Hall–Kier alpha value is -1.36. The van der Waals surface area contributed by atoms with Crippen molar-refractivity contribution in [1.82, 2.24) is 10.2 Å². The van der Waals surface area contributed by atoms with E-state index in [1.165, 1.54) is 19.6 Å². The van der Waals surface area contributed by atoms with Gasteiger partial charge in [-0.1, -0.05) is 6.08 Å². The first-order chi connectivity index (χ1) is 8.69. The van der Waals surface area contributed by atoms with Crippen LogP contribution in [0.3, 0.4) is 0 Å². The predicted molar refractivity (Wildman–Crippen MR) is 69.1 cm³/mol. The van der Waals surface area contributed by atoms with Crippen LogP contribution in [0, 0.1) is 0 Å². The Labute approximate surface area is 108 Å². The van der Waals surface area contributed by atoms with Crippen molar-refractivity contribution >= 4 is 11.9 Å². The smallest absolute Gasteiger partial charge is 0.326 e. The molecule has 0 bridgehead atoms. The number of nitrogens with zero attached hydrogens (tertiary/aromatic N) is 1. The van der Waals surface area contributed by atoms with Gasteiger partial charge in [-0.15, -0.1) is 6.58 Å². The van der Waals surface area contributed by atoms with Gasteiger partial charge in [-0.25, -0.2) is 0 Å². The van der Waals surface area contributed by atoms with E-state index >= 15 is 0 Å². The van der Waals surface area contributed by atoms with Crippen LogP contribution in [0.25, 0.3) is 0 Å². The molecule has 0 aromatic carbocycles. The maximum Gasteiger partial charge on any atom is 0.326 e. The topological polar surface area (TPSA) is 58.6 Å². The van der Waals surface area contributed by atoms with Crippen LogP contribution in [0.4, 0.5) is 0 Å². The summed E-state index contributed by atoms with van der Waals surface area (Å²) < 4.78 is 4.61. The van der Waals surface area contributed by atoms with Crippen LogP contribution in [0.5, 0.6) is 0 Å². The van der Waals surface area contributed by atoms with Crippen LogP contribution >= 0.6 is 0 Å². The molecule has 1 unspecified atom stereocenters. The van der Waals surface area contributed by atoms with Gasteiger partial charge in [-0.2, -0.15) is 0 Å². The Morgan fingerprint density at radius 1 is 1.39 bits per heavy atom. The van der Waals surface area contributed by atoms with Gasteiger partial charge in [0.1, 0.15) is 6.04 Å². The summed E-state index contributed by atoms with van der Waals surface area (Å²) >= 11 is 0. The summed E-state index contributed by atoms with van der Waals surface area (Å²) in [6.45, 7) is 5.74. The van der Waals surface area contributed by atoms with E-state index in [9.17, 15) is 9.59 Å². The van der Waals surface area contributed by atoms with Crippen LogP contribution in [0.1, 0.15) is 25.7 Å². The van der Waals surface area contributed by atoms with E-state index in [4.69, 9.17) is 0 Å². The largest absolute Gasteiger partial charge is 0.468 e. The van der Waals surface area contributed by atoms with Crippen molar-refractivity contribution in [3.8, 4) is 0 Å². The fourth-order valence-corrected chi connectivity index (χ4v) is 2.03. The van der Waals surface area contributed by atoms with Crippen molar-refractivity contribution in [1.29, 1.82) is 0 Å². The number of methoxy groups -OCH3 is 1. The SMILES string of the molecule is C=CC(NCCC(=O)N1CCCCC1)C(=O)OC. The van der Waals surface area contributed by atoms with E-state index in [0.717, 1.165) is 25.9 Å². The van der Waals surface area contributed by atoms with Crippen LogP contribution < -0.4 is 5.32 Å². The van der Waals surface area contributed by atoms with Gasteiger partial charge < -0.3 is 15.0 Å². The highest BCUT2D eigenvalue weighted by Crippen LogP contribution is 2.09. The fourth-order valence-electron chi connectivity index (χ4n) is 2.03. The lowest BCUT2D eigenvalue weighted by atomic mass is 10.1. The average Bonchev–Trinajstić information content (AvgIpc) is 2.43. The molecule has 1 heterocycles. The van der Waals surface area contributed by atoms with Gasteiger partial charge in [0.05, 0.1) is 7.11 Å². The molecule has 1 fully saturated rings. The van der Waals surface area contributed by atoms with Crippen LogP contribution in [0.15, 0.2) is 12.7 Å². The van der Waals surface area contributed by atoms with Gasteiger partial charge in [0, 0.05) is 26.1 Å². The van der Waals surface area contributed by atoms with Crippen LogP contribution in [-0.2, 0) is 14.3 Å². The zero-order valence-electron chi connectivity index (χ0n) is 11.0. The first-order valence-corrected chi connectivity index (χ1v) is 6.40. The summed E-state index contributed by atoms with van der Waals surface area (Å²) in [7, 11) is 1.33. The van der Waals surface area contributed by atoms with E-state index in [2.05, 4.69) is 16.6 Å². The van der Waals surface area contributed by atoms with Crippen molar-refractivity contribution < 1.29 is 14.3 Å². The number of amides is 1. The van der Waals surface area contributed by atoms with Gasteiger partial charge >= 0.3 is 5.97 Å². The van der Waals surface area contributed by atoms with Gasteiger partial charge in [0.25, 0.3) is 0 Å². The number of likely N-dealkylation sites (tertiary alicyclic amines) is 1. The van der Waals surface area contributed by atoms with E-state index in [1.807, 2.05) is 4.90 Å². The molecular formula is C13H22N2O3. The number of ether oxygens (including phenoxy) is 1. The first-order valence-electron chi connectivity index (χ1n) is 6.40. The minimum Gasteiger partial charge on any atom is -0.468 e. The molecule has 0 aromatic heterocycles.